The second-order valence-corrected chi connectivity index (χ2v) is 5.33. The summed E-state index contributed by atoms with van der Waals surface area (Å²) in [7, 11) is 0. The third-order valence-electron chi connectivity index (χ3n) is 3.40. The summed E-state index contributed by atoms with van der Waals surface area (Å²) in [5.74, 6) is -0.728. The fourth-order valence-corrected chi connectivity index (χ4v) is 2.93. The molecule has 0 saturated heterocycles. The molecule has 1 aliphatic rings. The van der Waals surface area contributed by atoms with Crippen LogP contribution in [-0.4, -0.2) is 22.8 Å². The molecule has 0 amide bonds. The highest BCUT2D eigenvalue weighted by molar-refractivity contribution is 6.43. The quantitative estimate of drug-likeness (QED) is 0.897. The minimum absolute atomic E-state index is 0.110. The molecule has 2 N–H and O–H groups in total. The second kappa shape index (κ2) is 5.57. The highest BCUT2D eigenvalue weighted by Crippen LogP contribution is 2.47. The molecule has 1 aliphatic carbocycles. The van der Waals surface area contributed by atoms with Crippen molar-refractivity contribution in [2.45, 2.75) is 25.9 Å². The highest BCUT2D eigenvalue weighted by atomic mass is 35.5. The number of carboxylic acid groups (broad SMARTS) is 1. The van der Waals surface area contributed by atoms with Crippen LogP contribution in [0.25, 0.3) is 0 Å². The van der Waals surface area contributed by atoms with Crippen molar-refractivity contribution >= 4 is 29.2 Å². The molecule has 0 spiro atoms. The average molecular weight is 305 g/mol. The molecule has 1 aromatic rings. The van der Waals surface area contributed by atoms with Crippen LogP contribution in [-0.2, 0) is 11.2 Å². The Morgan fingerprint density at radius 2 is 2.16 bits per heavy atom. The Balaban J connectivity index is 2.37. The normalized spacial score (nSPS) is 21.3. The van der Waals surface area contributed by atoms with Crippen LogP contribution in [0.1, 0.15) is 30.6 Å². The molecule has 0 bridgehead atoms. The minimum Gasteiger partial charge on any atom is -0.480 e. The number of aliphatic hydroxyl groups is 1. The average Bonchev–Trinajstić information content (AvgIpc) is 2.68. The zero-order valence-corrected chi connectivity index (χ0v) is 11.8. The van der Waals surface area contributed by atoms with Gasteiger partial charge in [-0.15, -0.1) is 0 Å². The zero-order chi connectivity index (χ0) is 14.2. The Morgan fingerprint density at radius 3 is 2.74 bits per heavy atom. The molecule has 2 rings (SSSR count). The maximum absolute atomic E-state index is 10.5. The molecule has 104 valence electrons. The van der Waals surface area contributed by atoms with Gasteiger partial charge in [-0.25, -0.2) is 4.79 Å². The lowest BCUT2D eigenvalue weighted by atomic mass is 10.0. The van der Waals surface area contributed by atoms with E-state index in [1.54, 1.807) is 6.07 Å². The van der Waals surface area contributed by atoms with Crippen molar-refractivity contribution < 1.29 is 19.7 Å². The third kappa shape index (κ3) is 2.66. The van der Waals surface area contributed by atoms with E-state index in [0.29, 0.717) is 12.0 Å². The Morgan fingerprint density at radius 1 is 1.47 bits per heavy atom. The van der Waals surface area contributed by atoms with E-state index >= 15 is 0 Å². The van der Waals surface area contributed by atoms with Crippen molar-refractivity contribution in [1.82, 2.24) is 0 Å². The van der Waals surface area contributed by atoms with Crippen molar-refractivity contribution in [3.8, 4) is 5.75 Å². The van der Waals surface area contributed by atoms with Crippen LogP contribution in [0.5, 0.6) is 5.75 Å². The molecule has 0 saturated carbocycles. The van der Waals surface area contributed by atoms with E-state index in [1.165, 1.54) is 0 Å². The molecule has 6 heteroatoms. The number of ether oxygens (including phenoxy) is 1. The van der Waals surface area contributed by atoms with Crippen LogP contribution in [0, 0.1) is 5.92 Å². The topological polar surface area (TPSA) is 66.8 Å². The fraction of sp³-hybridized carbons (Fsp3) is 0.462. The van der Waals surface area contributed by atoms with Crippen molar-refractivity contribution in [1.29, 1.82) is 0 Å². The molecule has 0 fully saturated rings. The summed E-state index contributed by atoms with van der Waals surface area (Å²) < 4.78 is 5.11. The molecule has 0 aromatic heterocycles. The predicted molar refractivity (Wildman–Crippen MR) is 72.0 cm³/mol. The van der Waals surface area contributed by atoms with Gasteiger partial charge in [0.2, 0.25) is 0 Å². The largest absolute Gasteiger partial charge is 0.480 e. The summed E-state index contributed by atoms with van der Waals surface area (Å²) in [5, 5.41) is 19.2. The van der Waals surface area contributed by atoms with E-state index in [0.717, 1.165) is 12.0 Å². The van der Waals surface area contributed by atoms with Crippen LogP contribution in [0.4, 0.5) is 0 Å². The molecule has 0 aliphatic heterocycles. The number of aliphatic hydroxyl groups excluding tert-OH is 1. The lowest BCUT2D eigenvalue weighted by molar-refractivity contribution is -0.139. The molecule has 0 radical (unpaired) electrons. The molecule has 4 nitrogen and oxygen atoms in total. The molecular weight excluding hydrogens is 291 g/mol. The second-order valence-electron chi connectivity index (χ2n) is 4.58. The third-order valence-corrected chi connectivity index (χ3v) is 4.26. The number of aliphatic carboxylic acids is 1. The molecule has 0 heterocycles. The maximum Gasteiger partial charge on any atom is 0.341 e. The Kier molecular flexibility index (Phi) is 4.23. The van der Waals surface area contributed by atoms with Crippen LogP contribution in [0.3, 0.4) is 0 Å². The predicted octanol–water partition coefficient (Wildman–Crippen LogP) is 3.07. The van der Waals surface area contributed by atoms with Crippen LogP contribution in [0.15, 0.2) is 6.07 Å². The molecule has 2 atom stereocenters. The standard InChI is InChI=1S/C13H14Cl2O4/c1-2-6-3-7-4-8(19-5-9(16)17)11(14)12(15)10(7)13(6)18/h4,6,13,18H,2-3,5H2,1H3,(H,16,17). The summed E-state index contributed by atoms with van der Waals surface area (Å²) in [6, 6.07) is 1.67. The highest BCUT2D eigenvalue weighted by Gasteiger charge is 2.33. The molecular formula is C13H14Cl2O4. The summed E-state index contributed by atoms with van der Waals surface area (Å²) in [5.41, 5.74) is 1.51. The number of benzene rings is 1. The lowest BCUT2D eigenvalue weighted by Gasteiger charge is -2.14. The van der Waals surface area contributed by atoms with Gasteiger partial charge in [-0.05, 0) is 24.0 Å². The first kappa shape index (κ1) is 14.4. The monoisotopic (exact) mass is 304 g/mol. The number of hydrogen-bond donors (Lipinski definition) is 2. The van der Waals surface area contributed by atoms with E-state index in [4.69, 9.17) is 33.0 Å². The van der Waals surface area contributed by atoms with E-state index in [-0.39, 0.29) is 21.7 Å². The first-order valence-corrected chi connectivity index (χ1v) is 6.74. The van der Waals surface area contributed by atoms with Gasteiger partial charge in [-0.3, -0.25) is 0 Å². The SMILES string of the molecule is CCC1Cc2cc(OCC(=O)O)c(Cl)c(Cl)c2C1O. The van der Waals surface area contributed by atoms with Gasteiger partial charge in [0, 0.05) is 5.56 Å². The first-order valence-electron chi connectivity index (χ1n) is 5.99. The van der Waals surface area contributed by atoms with Gasteiger partial charge < -0.3 is 14.9 Å². The molecule has 2 unspecified atom stereocenters. The Hall–Kier alpha value is -0.970. The minimum atomic E-state index is -1.08. The first-order chi connectivity index (χ1) is 8.95. The Labute approximate surface area is 120 Å². The van der Waals surface area contributed by atoms with E-state index in [9.17, 15) is 9.90 Å². The Bertz CT molecular complexity index is 516. The van der Waals surface area contributed by atoms with Gasteiger partial charge in [0.25, 0.3) is 0 Å². The van der Waals surface area contributed by atoms with Crippen molar-refractivity contribution in [2.24, 2.45) is 5.92 Å². The van der Waals surface area contributed by atoms with Crippen LogP contribution >= 0.6 is 23.2 Å². The number of carboxylic acids is 1. The number of fused-ring (bicyclic) bond motifs is 1. The van der Waals surface area contributed by atoms with Crippen molar-refractivity contribution in [3.63, 3.8) is 0 Å². The summed E-state index contributed by atoms with van der Waals surface area (Å²) in [6.07, 6.45) is 0.890. The maximum atomic E-state index is 10.5. The molecule has 1 aromatic carbocycles. The van der Waals surface area contributed by atoms with Gasteiger partial charge in [0.05, 0.1) is 11.1 Å². The summed E-state index contributed by atoms with van der Waals surface area (Å²) in [6.45, 7) is 1.52. The lowest BCUT2D eigenvalue weighted by Crippen LogP contribution is -2.10. The number of carbonyl (C=O) groups is 1. The van der Waals surface area contributed by atoms with Gasteiger partial charge in [-0.1, -0.05) is 36.5 Å². The summed E-state index contributed by atoms with van der Waals surface area (Å²) >= 11 is 12.2. The van der Waals surface area contributed by atoms with Gasteiger partial charge in [0.1, 0.15) is 10.8 Å². The van der Waals surface area contributed by atoms with Gasteiger partial charge in [-0.2, -0.15) is 0 Å². The van der Waals surface area contributed by atoms with Crippen LogP contribution < -0.4 is 4.74 Å². The molecule has 19 heavy (non-hydrogen) atoms. The number of rotatable bonds is 4. The van der Waals surface area contributed by atoms with Crippen LogP contribution in [0.2, 0.25) is 10.0 Å². The number of hydrogen-bond acceptors (Lipinski definition) is 3. The van der Waals surface area contributed by atoms with E-state index in [1.807, 2.05) is 6.92 Å². The van der Waals surface area contributed by atoms with Gasteiger partial charge >= 0.3 is 5.97 Å². The van der Waals surface area contributed by atoms with Crippen molar-refractivity contribution in [2.75, 3.05) is 6.61 Å². The van der Waals surface area contributed by atoms with E-state index in [2.05, 4.69) is 0 Å². The zero-order valence-electron chi connectivity index (χ0n) is 10.3. The number of halogens is 2. The van der Waals surface area contributed by atoms with Gasteiger partial charge in [0.15, 0.2) is 6.61 Å². The van der Waals surface area contributed by atoms with Crippen molar-refractivity contribution in [3.05, 3.63) is 27.2 Å². The van der Waals surface area contributed by atoms with E-state index < -0.39 is 18.7 Å². The smallest absolute Gasteiger partial charge is 0.341 e. The fourth-order valence-electron chi connectivity index (χ4n) is 2.40. The summed E-state index contributed by atoms with van der Waals surface area (Å²) in [4.78, 5) is 10.5.